The molecule has 0 aromatic carbocycles. The van der Waals surface area contributed by atoms with Crippen molar-refractivity contribution in [3.63, 3.8) is 0 Å². The van der Waals surface area contributed by atoms with Crippen LogP contribution in [-0.4, -0.2) is 36.6 Å². The van der Waals surface area contributed by atoms with E-state index in [9.17, 15) is 0 Å². The third kappa shape index (κ3) is 4.73. The number of nitrogens with zero attached hydrogens (tertiary/aromatic N) is 1. The first-order chi connectivity index (χ1) is 9.83. The molecular weight excluding hydrogens is 244 g/mol. The molecule has 0 radical (unpaired) electrons. The van der Waals surface area contributed by atoms with Gasteiger partial charge in [0.05, 0.1) is 0 Å². The SMILES string of the molecule is CCNC1CCCCCCC1N(C)C1CCCCCC1. The third-order valence-electron chi connectivity index (χ3n) is 5.62. The Bertz CT molecular complexity index is 246. The van der Waals surface area contributed by atoms with Crippen molar-refractivity contribution in [2.24, 2.45) is 0 Å². The molecule has 2 atom stereocenters. The molecule has 2 unspecified atom stereocenters. The van der Waals surface area contributed by atoms with Gasteiger partial charge in [0.25, 0.3) is 0 Å². The van der Waals surface area contributed by atoms with Crippen LogP contribution < -0.4 is 5.32 Å². The fourth-order valence-electron chi connectivity index (χ4n) is 4.39. The maximum Gasteiger partial charge on any atom is 0.0249 e. The molecule has 1 N–H and O–H groups in total. The predicted molar refractivity (Wildman–Crippen MR) is 88.2 cm³/mol. The highest BCUT2D eigenvalue weighted by Crippen LogP contribution is 2.27. The average Bonchev–Trinajstić information content (AvgIpc) is 2.70. The zero-order chi connectivity index (χ0) is 14.2. The molecule has 0 heterocycles. The van der Waals surface area contributed by atoms with Crippen LogP contribution >= 0.6 is 0 Å². The lowest BCUT2D eigenvalue weighted by Crippen LogP contribution is -2.52. The van der Waals surface area contributed by atoms with Crippen molar-refractivity contribution >= 4 is 0 Å². The molecule has 0 aliphatic heterocycles. The molecule has 0 amide bonds. The quantitative estimate of drug-likeness (QED) is 0.771. The number of hydrogen-bond donors (Lipinski definition) is 1. The van der Waals surface area contributed by atoms with Crippen LogP contribution in [0.15, 0.2) is 0 Å². The molecule has 20 heavy (non-hydrogen) atoms. The second-order valence-corrected chi connectivity index (χ2v) is 7.03. The average molecular weight is 281 g/mol. The van der Waals surface area contributed by atoms with Crippen molar-refractivity contribution in [3.8, 4) is 0 Å². The lowest BCUT2D eigenvalue weighted by molar-refractivity contribution is 0.108. The van der Waals surface area contributed by atoms with Gasteiger partial charge in [0.15, 0.2) is 0 Å². The van der Waals surface area contributed by atoms with Crippen LogP contribution in [0.5, 0.6) is 0 Å². The molecule has 2 saturated carbocycles. The topological polar surface area (TPSA) is 15.3 Å². The van der Waals surface area contributed by atoms with Gasteiger partial charge in [0, 0.05) is 18.1 Å². The predicted octanol–water partition coefficient (Wildman–Crippen LogP) is 4.34. The summed E-state index contributed by atoms with van der Waals surface area (Å²) in [6.07, 6.45) is 17.3. The van der Waals surface area contributed by atoms with Crippen LogP contribution in [0.2, 0.25) is 0 Å². The lowest BCUT2D eigenvalue weighted by Gasteiger charge is -2.41. The van der Waals surface area contributed by atoms with Crippen molar-refractivity contribution < 1.29 is 0 Å². The van der Waals surface area contributed by atoms with Crippen LogP contribution in [0.25, 0.3) is 0 Å². The van der Waals surface area contributed by atoms with Gasteiger partial charge in [0.2, 0.25) is 0 Å². The summed E-state index contributed by atoms with van der Waals surface area (Å²) in [5.74, 6) is 0. The van der Waals surface area contributed by atoms with E-state index in [0.29, 0.717) is 0 Å². The van der Waals surface area contributed by atoms with Crippen LogP contribution in [0.3, 0.4) is 0 Å². The van der Waals surface area contributed by atoms with E-state index in [1.54, 1.807) is 0 Å². The van der Waals surface area contributed by atoms with Gasteiger partial charge in [-0.15, -0.1) is 0 Å². The summed E-state index contributed by atoms with van der Waals surface area (Å²) in [6.45, 7) is 3.39. The Morgan fingerprint density at radius 1 is 0.800 bits per heavy atom. The number of nitrogens with one attached hydrogen (secondary N) is 1. The highest BCUT2D eigenvalue weighted by Gasteiger charge is 2.29. The molecule has 118 valence electrons. The molecule has 2 aliphatic carbocycles. The fraction of sp³-hybridized carbons (Fsp3) is 1.00. The summed E-state index contributed by atoms with van der Waals surface area (Å²) >= 11 is 0. The van der Waals surface area contributed by atoms with Gasteiger partial charge in [-0.1, -0.05) is 58.3 Å². The normalized spacial score (nSPS) is 30.8. The fourth-order valence-corrected chi connectivity index (χ4v) is 4.39. The van der Waals surface area contributed by atoms with Gasteiger partial charge in [-0.05, 0) is 39.3 Å². The van der Waals surface area contributed by atoms with E-state index in [1.807, 2.05) is 0 Å². The second-order valence-electron chi connectivity index (χ2n) is 7.03. The van der Waals surface area contributed by atoms with Gasteiger partial charge >= 0.3 is 0 Å². The Morgan fingerprint density at radius 2 is 1.35 bits per heavy atom. The third-order valence-corrected chi connectivity index (χ3v) is 5.62. The Kier molecular flexibility index (Phi) is 7.37. The summed E-state index contributed by atoms with van der Waals surface area (Å²) in [5.41, 5.74) is 0. The Hall–Kier alpha value is -0.0800. The van der Waals surface area contributed by atoms with Crippen LogP contribution in [0.1, 0.15) is 84.0 Å². The molecule has 2 aliphatic rings. The lowest BCUT2D eigenvalue weighted by atomic mass is 9.89. The van der Waals surface area contributed by atoms with Crippen LogP contribution in [0, 0.1) is 0 Å². The molecule has 2 fully saturated rings. The second kappa shape index (κ2) is 9.04. The number of rotatable bonds is 4. The van der Waals surface area contributed by atoms with Crippen LogP contribution in [-0.2, 0) is 0 Å². The maximum absolute atomic E-state index is 3.80. The number of hydrogen-bond acceptors (Lipinski definition) is 2. The Labute approximate surface area is 126 Å². The zero-order valence-electron chi connectivity index (χ0n) is 13.9. The molecule has 0 spiro atoms. The molecule has 0 aromatic rings. The van der Waals surface area contributed by atoms with Crippen LogP contribution in [0.4, 0.5) is 0 Å². The van der Waals surface area contributed by atoms with E-state index in [2.05, 4.69) is 24.2 Å². The van der Waals surface area contributed by atoms with Crippen molar-refractivity contribution in [3.05, 3.63) is 0 Å². The minimum Gasteiger partial charge on any atom is -0.313 e. The minimum atomic E-state index is 0.730. The van der Waals surface area contributed by atoms with Crippen molar-refractivity contribution in [1.82, 2.24) is 10.2 Å². The summed E-state index contributed by atoms with van der Waals surface area (Å²) < 4.78 is 0. The van der Waals surface area contributed by atoms with Crippen molar-refractivity contribution in [2.75, 3.05) is 13.6 Å². The van der Waals surface area contributed by atoms with Gasteiger partial charge in [-0.25, -0.2) is 0 Å². The van der Waals surface area contributed by atoms with E-state index in [0.717, 1.165) is 24.7 Å². The first kappa shape index (κ1) is 16.3. The molecular formula is C18H36N2. The molecule has 2 nitrogen and oxygen atoms in total. The van der Waals surface area contributed by atoms with E-state index in [1.165, 1.54) is 77.0 Å². The summed E-state index contributed by atoms with van der Waals surface area (Å²) in [5, 5.41) is 3.80. The van der Waals surface area contributed by atoms with Crippen molar-refractivity contribution in [2.45, 2.75) is 102 Å². The zero-order valence-corrected chi connectivity index (χ0v) is 13.9. The molecule has 0 bridgehead atoms. The first-order valence-electron chi connectivity index (χ1n) is 9.28. The standard InChI is InChI=1S/C18H36N2/c1-3-19-17-14-10-6-7-11-15-18(17)20(2)16-12-8-4-5-9-13-16/h16-19H,3-15H2,1-2H3. The van der Waals surface area contributed by atoms with Gasteiger partial charge in [-0.2, -0.15) is 0 Å². The number of likely N-dealkylation sites (N-methyl/N-ethyl adjacent to an activating group) is 2. The molecule has 2 rings (SSSR count). The van der Waals surface area contributed by atoms with Crippen molar-refractivity contribution in [1.29, 1.82) is 0 Å². The monoisotopic (exact) mass is 280 g/mol. The molecule has 2 heteroatoms. The first-order valence-corrected chi connectivity index (χ1v) is 9.28. The minimum absolute atomic E-state index is 0.730. The van der Waals surface area contributed by atoms with Gasteiger partial charge in [-0.3, -0.25) is 4.90 Å². The molecule has 0 aromatic heterocycles. The summed E-state index contributed by atoms with van der Waals surface area (Å²) in [6, 6.07) is 2.36. The van der Waals surface area contributed by atoms with Gasteiger partial charge < -0.3 is 5.32 Å². The molecule has 0 saturated heterocycles. The smallest absolute Gasteiger partial charge is 0.0249 e. The highest BCUT2D eigenvalue weighted by molar-refractivity contribution is 4.88. The Balaban J connectivity index is 1.98. The van der Waals surface area contributed by atoms with Gasteiger partial charge in [0.1, 0.15) is 0 Å². The van der Waals surface area contributed by atoms with E-state index in [-0.39, 0.29) is 0 Å². The highest BCUT2D eigenvalue weighted by atomic mass is 15.2. The van der Waals surface area contributed by atoms with E-state index >= 15 is 0 Å². The Morgan fingerprint density at radius 3 is 1.95 bits per heavy atom. The largest absolute Gasteiger partial charge is 0.313 e. The van der Waals surface area contributed by atoms with E-state index in [4.69, 9.17) is 0 Å². The van der Waals surface area contributed by atoms with E-state index < -0.39 is 0 Å². The maximum atomic E-state index is 3.80. The summed E-state index contributed by atoms with van der Waals surface area (Å²) in [4.78, 5) is 2.78. The summed E-state index contributed by atoms with van der Waals surface area (Å²) in [7, 11) is 2.42.